The van der Waals surface area contributed by atoms with Crippen LogP contribution in [0.4, 0.5) is 0 Å². The number of hydrogen-bond acceptors (Lipinski definition) is 6. The number of carboxylic acids is 1. The molecule has 2 aromatic rings. The molecule has 3 unspecified atom stereocenters. The second-order valence-corrected chi connectivity index (χ2v) is 9.39. The Balaban J connectivity index is 0.00000256. The number of amides is 2. The van der Waals surface area contributed by atoms with Crippen molar-refractivity contribution < 1.29 is 53.8 Å². The summed E-state index contributed by atoms with van der Waals surface area (Å²) in [4.78, 5) is 38.7. The van der Waals surface area contributed by atoms with Gasteiger partial charge in [-0.15, -0.1) is 11.8 Å². The Kier molecular flexibility index (Phi) is 6.43. The van der Waals surface area contributed by atoms with Gasteiger partial charge in [0.1, 0.15) is 17.2 Å². The van der Waals surface area contributed by atoms with Crippen molar-refractivity contribution in [3.8, 4) is 5.75 Å². The summed E-state index contributed by atoms with van der Waals surface area (Å²) >= 11 is 1.36. The molecule has 0 spiro atoms. The van der Waals surface area contributed by atoms with Gasteiger partial charge in [0, 0.05) is 4.75 Å². The van der Waals surface area contributed by atoms with Gasteiger partial charge in [-0.3, -0.25) is 9.59 Å². The number of hydrogen-bond donors (Lipinski definition) is 1. The van der Waals surface area contributed by atoms with Gasteiger partial charge < -0.3 is 24.9 Å². The molecule has 2 saturated heterocycles. The fourth-order valence-corrected chi connectivity index (χ4v) is 5.72. The van der Waals surface area contributed by atoms with Crippen molar-refractivity contribution in [2.45, 2.75) is 43.0 Å². The minimum Gasteiger partial charge on any atom is -0.548 e. The van der Waals surface area contributed by atoms with Gasteiger partial charge in [0.2, 0.25) is 5.91 Å². The second-order valence-electron chi connectivity index (χ2n) is 7.62. The summed E-state index contributed by atoms with van der Waals surface area (Å²) in [5.74, 6) is -1.66. The van der Waals surface area contributed by atoms with Crippen LogP contribution in [0, 0.1) is 0 Å². The maximum atomic E-state index is 13.2. The van der Waals surface area contributed by atoms with Crippen LogP contribution in [-0.4, -0.2) is 51.5 Å². The monoisotopic (exact) mass is 436 g/mol. The van der Waals surface area contributed by atoms with Crippen LogP contribution < -0.4 is 44.7 Å². The molecule has 3 atom stereocenters. The third kappa shape index (κ3) is 3.60. The number of carbonyl (C=O) groups is 3. The number of ether oxygens (including phenoxy) is 1. The van der Waals surface area contributed by atoms with Crippen LogP contribution in [0.1, 0.15) is 31.1 Å². The third-order valence-corrected chi connectivity index (χ3v) is 6.94. The Hall–Kier alpha value is -1.74. The first-order valence-corrected chi connectivity index (χ1v) is 10.3. The predicted octanol–water partition coefficient (Wildman–Crippen LogP) is -1.85. The van der Waals surface area contributed by atoms with E-state index < -0.39 is 40.0 Å². The summed E-state index contributed by atoms with van der Waals surface area (Å²) in [6, 6.07) is 9.28. The van der Waals surface area contributed by atoms with Crippen LogP contribution >= 0.6 is 11.8 Å². The molecule has 2 aliphatic heterocycles. The van der Waals surface area contributed by atoms with E-state index in [-0.39, 0.29) is 29.6 Å². The van der Waals surface area contributed by atoms with E-state index in [1.807, 2.05) is 37.3 Å². The van der Waals surface area contributed by atoms with Crippen LogP contribution in [0.3, 0.4) is 0 Å². The molecular formula is C21H21N2NaO5S. The maximum absolute atomic E-state index is 13.2. The molecule has 0 saturated carbocycles. The van der Waals surface area contributed by atoms with E-state index in [9.17, 15) is 19.5 Å². The summed E-state index contributed by atoms with van der Waals surface area (Å²) in [5.41, 5.74) is 0.370. The Morgan fingerprint density at radius 3 is 2.60 bits per heavy atom. The molecule has 0 aliphatic carbocycles. The van der Waals surface area contributed by atoms with Gasteiger partial charge in [0.05, 0.1) is 24.2 Å². The van der Waals surface area contributed by atoms with Gasteiger partial charge in [0.25, 0.3) is 5.91 Å². The van der Waals surface area contributed by atoms with Gasteiger partial charge >= 0.3 is 29.6 Å². The number of rotatable bonds is 5. The van der Waals surface area contributed by atoms with E-state index in [4.69, 9.17) is 4.74 Å². The number of carboxylic acid groups (broad SMARTS) is 1. The predicted molar refractivity (Wildman–Crippen MR) is 107 cm³/mol. The minimum absolute atomic E-state index is 0. The minimum atomic E-state index is -1.28. The van der Waals surface area contributed by atoms with Crippen LogP contribution in [0.5, 0.6) is 5.75 Å². The van der Waals surface area contributed by atoms with Gasteiger partial charge in [0.15, 0.2) is 0 Å². The summed E-state index contributed by atoms with van der Waals surface area (Å²) < 4.78 is 4.95. The molecule has 0 bridgehead atoms. The van der Waals surface area contributed by atoms with E-state index in [1.54, 1.807) is 19.9 Å². The van der Waals surface area contributed by atoms with Crippen molar-refractivity contribution in [2.75, 3.05) is 6.61 Å². The van der Waals surface area contributed by atoms with Gasteiger partial charge in [-0.1, -0.05) is 30.3 Å². The molecule has 0 aromatic heterocycles. The number of nitrogens with zero attached hydrogens (tertiary/aromatic N) is 1. The average Bonchev–Trinajstić information content (AvgIpc) is 2.94. The first-order chi connectivity index (χ1) is 13.8. The molecule has 4 rings (SSSR count). The zero-order valence-corrected chi connectivity index (χ0v) is 20.1. The average molecular weight is 436 g/mol. The molecule has 152 valence electrons. The molecule has 7 nitrogen and oxygen atoms in total. The molecular weight excluding hydrogens is 415 g/mol. The molecule has 9 heteroatoms. The molecule has 2 aliphatic rings. The molecule has 1 N–H and O–H groups in total. The van der Waals surface area contributed by atoms with Gasteiger partial charge in [-0.25, -0.2) is 0 Å². The molecule has 0 radical (unpaired) electrons. The van der Waals surface area contributed by atoms with Crippen LogP contribution in [0.2, 0.25) is 0 Å². The number of carbonyl (C=O) groups excluding carboxylic acids is 3. The molecule has 2 aromatic carbocycles. The number of β-lactam (4-membered cyclic amide) rings is 1. The van der Waals surface area contributed by atoms with Crippen LogP contribution in [-0.2, 0) is 9.59 Å². The van der Waals surface area contributed by atoms with Crippen molar-refractivity contribution in [3.05, 3.63) is 42.0 Å². The van der Waals surface area contributed by atoms with Crippen LogP contribution in [0.15, 0.2) is 36.4 Å². The fraction of sp³-hybridized carbons (Fsp3) is 0.381. The van der Waals surface area contributed by atoms with Gasteiger partial charge in [-0.05, 0) is 37.6 Å². The van der Waals surface area contributed by atoms with Crippen molar-refractivity contribution in [1.29, 1.82) is 0 Å². The Bertz CT molecular complexity index is 1030. The number of fused-ring (bicyclic) bond motifs is 2. The Labute approximate surface area is 200 Å². The number of thioether (sulfide) groups is 1. The third-order valence-electron chi connectivity index (χ3n) is 5.37. The van der Waals surface area contributed by atoms with E-state index >= 15 is 0 Å². The zero-order valence-electron chi connectivity index (χ0n) is 17.3. The van der Waals surface area contributed by atoms with Crippen molar-refractivity contribution in [2.24, 2.45) is 0 Å². The first kappa shape index (κ1) is 22.9. The molecule has 30 heavy (non-hydrogen) atoms. The van der Waals surface area contributed by atoms with Crippen molar-refractivity contribution >= 4 is 40.3 Å². The fourth-order valence-electron chi connectivity index (χ4n) is 4.10. The summed E-state index contributed by atoms with van der Waals surface area (Å²) in [5, 5.41) is 15.5. The summed E-state index contributed by atoms with van der Waals surface area (Å²) in [6.45, 7) is 5.76. The normalized spacial score (nSPS) is 23.9. The Morgan fingerprint density at radius 2 is 1.93 bits per heavy atom. The number of aliphatic carboxylic acids is 1. The SMILES string of the molecule is CCOc1ccc2ccccc2c1C(=O)NC1C(=O)N2C1SC(C)(C)C2C(=O)[O-].[Na+]. The quantitative estimate of drug-likeness (QED) is 0.437. The van der Waals surface area contributed by atoms with E-state index in [0.29, 0.717) is 17.9 Å². The maximum Gasteiger partial charge on any atom is 1.00 e. The second kappa shape index (κ2) is 8.42. The first-order valence-electron chi connectivity index (χ1n) is 9.42. The standard InChI is InChI=1S/C21H22N2O5S.Na/c1-4-28-13-10-9-11-7-5-6-8-12(11)14(13)17(24)22-15-18(25)23-16(20(26)27)21(2,3)29-19(15)23;/h5-10,15-16,19H,4H2,1-3H3,(H,22,24)(H,26,27);/q;+1/p-1. The number of benzene rings is 2. The molecule has 2 heterocycles. The molecule has 2 amide bonds. The summed E-state index contributed by atoms with van der Waals surface area (Å²) in [6.07, 6.45) is 0. The number of nitrogens with one attached hydrogen (secondary N) is 1. The van der Waals surface area contributed by atoms with E-state index in [0.717, 1.165) is 10.8 Å². The smallest absolute Gasteiger partial charge is 0.548 e. The zero-order chi connectivity index (χ0) is 20.9. The van der Waals surface area contributed by atoms with Crippen molar-refractivity contribution in [3.63, 3.8) is 0 Å². The van der Waals surface area contributed by atoms with E-state index in [1.165, 1.54) is 16.7 Å². The van der Waals surface area contributed by atoms with Crippen LogP contribution in [0.25, 0.3) is 10.8 Å². The van der Waals surface area contributed by atoms with E-state index in [2.05, 4.69) is 5.32 Å². The molecule has 2 fully saturated rings. The topological polar surface area (TPSA) is 98.8 Å². The van der Waals surface area contributed by atoms with Crippen molar-refractivity contribution in [1.82, 2.24) is 10.2 Å². The summed E-state index contributed by atoms with van der Waals surface area (Å²) in [7, 11) is 0. The largest absolute Gasteiger partial charge is 1.00 e. The Morgan fingerprint density at radius 1 is 1.23 bits per heavy atom. The van der Waals surface area contributed by atoms with Gasteiger partial charge in [-0.2, -0.15) is 0 Å².